The predicted molar refractivity (Wildman–Crippen MR) is 161 cm³/mol. The van der Waals surface area contributed by atoms with E-state index in [0.717, 1.165) is 12.6 Å². The molecule has 0 aromatic heterocycles. The number of hydrogen-bond acceptors (Lipinski definition) is 9. The Bertz CT molecular complexity index is 1780. The molecule has 0 heterocycles. The molecule has 4 aromatic carbocycles. The van der Waals surface area contributed by atoms with Crippen molar-refractivity contribution in [3.8, 4) is 5.75 Å². The summed E-state index contributed by atoms with van der Waals surface area (Å²) < 4.78 is 27.7. The maximum Gasteiger partial charge on any atom is 0.298 e. The highest BCUT2D eigenvalue weighted by Crippen LogP contribution is 2.40. The minimum atomic E-state index is -3.73. The highest BCUT2D eigenvalue weighted by atomic mass is 35.5. The highest BCUT2D eigenvalue weighted by Gasteiger charge is 2.20. The first-order valence-corrected chi connectivity index (χ1v) is 14.5. The zero-order valence-electron chi connectivity index (χ0n) is 22.6. The monoisotopic (exact) mass is 610 g/mol. The maximum atomic E-state index is 13.2. The molecule has 0 fully saturated rings. The molecular weight excluding hydrogens is 584 g/mol. The van der Waals surface area contributed by atoms with Gasteiger partial charge in [-0.1, -0.05) is 35.9 Å². The molecule has 0 atom stereocenters. The van der Waals surface area contributed by atoms with Crippen LogP contribution in [-0.4, -0.2) is 56.4 Å². The van der Waals surface area contributed by atoms with E-state index in [0.29, 0.717) is 22.9 Å². The van der Waals surface area contributed by atoms with Crippen molar-refractivity contribution in [2.45, 2.75) is 11.3 Å². The number of nitro groups is 1. The lowest BCUT2D eigenvalue weighted by molar-refractivity contribution is -0.384. The Morgan fingerprint density at radius 1 is 1.05 bits per heavy atom. The molecule has 0 bridgehead atoms. The summed E-state index contributed by atoms with van der Waals surface area (Å²) in [5.41, 5.74) is -0.376. The Balaban J connectivity index is 1.60. The lowest BCUT2D eigenvalue weighted by atomic mass is 10.0. The number of rotatable bonds is 11. The van der Waals surface area contributed by atoms with Crippen molar-refractivity contribution in [3.05, 3.63) is 93.5 Å². The molecule has 4 rings (SSSR count). The average molecular weight is 611 g/mol. The van der Waals surface area contributed by atoms with Gasteiger partial charge in [0.25, 0.3) is 11.6 Å². The van der Waals surface area contributed by atoms with Crippen molar-refractivity contribution >= 4 is 61.1 Å². The number of azo groups is 1. The fourth-order valence-corrected chi connectivity index (χ4v) is 5.26. The Morgan fingerprint density at radius 2 is 1.76 bits per heavy atom. The van der Waals surface area contributed by atoms with Crippen molar-refractivity contribution in [3.63, 3.8) is 0 Å². The van der Waals surface area contributed by atoms with Crippen LogP contribution in [0.1, 0.15) is 16.8 Å². The van der Waals surface area contributed by atoms with E-state index in [1.807, 2.05) is 19.0 Å². The number of nitrogens with zero attached hydrogens (tertiary/aromatic N) is 4. The molecule has 12 nitrogen and oxygen atoms in total. The molecule has 42 heavy (non-hydrogen) atoms. The standard InChI is InChI=1S/C28H27ClN6O6S/c1-34(2)15-5-14-30-42(40,41)21-11-9-20(10-12-21)31-28(37)23-16-18-6-3-4-7-22(18)26(27(23)36)33-32-24-13-8-19(29)17-25(24)35(38)39/h3-4,6-13,16-17,30,36H,5,14-15H2,1-2H3,(H,31,37). The Kier molecular flexibility index (Phi) is 9.48. The zero-order valence-corrected chi connectivity index (χ0v) is 24.2. The Hall–Kier alpha value is -4.43. The van der Waals surface area contributed by atoms with Crippen molar-refractivity contribution in [1.29, 1.82) is 0 Å². The second-order valence-electron chi connectivity index (χ2n) is 9.47. The Morgan fingerprint density at radius 3 is 2.45 bits per heavy atom. The van der Waals surface area contributed by atoms with Crippen molar-refractivity contribution in [2.75, 3.05) is 32.5 Å². The number of phenolic OH excluding ortho intramolecular Hbond substituents is 1. The van der Waals surface area contributed by atoms with Gasteiger partial charge in [-0.3, -0.25) is 14.9 Å². The number of carbonyl (C=O) groups is 1. The predicted octanol–water partition coefficient (Wildman–Crippen LogP) is 6.00. The van der Waals surface area contributed by atoms with Gasteiger partial charge in [-0.25, -0.2) is 13.1 Å². The van der Waals surface area contributed by atoms with Crippen LogP contribution in [0.3, 0.4) is 0 Å². The summed E-state index contributed by atoms with van der Waals surface area (Å²) in [6, 6.07) is 17.8. The summed E-state index contributed by atoms with van der Waals surface area (Å²) in [7, 11) is 0.0786. The number of carbonyl (C=O) groups excluding carboxylic acids is 1. The largest absolute Gasteiger partial charge is 0.505 e. The summed E-state index contributed by atoms with van der Waals surface area (Å²) in [5.74, 6) is -1.18. The summed E-state index contributed by atoms with van der Waals surface area (Å²) in [5, 5.41) is 34.4. The van der Waals surface area contributed by atoms with Crippen molar-refractivity contribution in [2.24, 2.45) is 10.2 Å². The molecule has 0 spiro atoms. The molecule has 0 aliphatic carbocycles. The molecule has 0 unspecified atom stereocenters. The smallest absolute Gasteiger partial charge is 0.298 e. The van der Waals surface area contributed by atoms with Crippen LogP contribution in [0.5, 0.6) is 5.75 Å². The molecule has 0 saturated heterocycles. The molecule has 14 heteroatoms. The van der Waals surface area contributed by atoms with Gasteiger partial charge in [0.1, 0.15) is 5.69 Å². The van der Waals surface area contributed by atoms with Gasteiger partial charge in [-0.15, -0.1) is 10.2 Å². The highest BCUT2D eigenvalue weighted by molar-refractivity contribution is 7.89. The summed E-state index contributed by atoms with van der Waals surface area (Å²) in [6.45, 7) is 1.02. The number of sulfonamides is 1. The van der Waals surface area contributed by atoms with Crippen LogP contribution in [0.15, 0.2) is 87.9 Å². The number of anilines is 1. The van der Waals surface area contributed by atoms with Crippen LogP contribution in [0.2, 0.25) is 5.02 Å². The molecule has 1 amide bonds. The summed E-state index contributed by atoms with van der Waals surface area (Å²) in [6.07, 6.45) is 0.647. The van der Waals surface area contributed by atoms with Crippen LogP contribution in [0, 0.1) is 10.1 Å². The van der Waals surface area contributed by atoms with Gasteiger partial charge in [-0.2, -0.15) is 0 Å². The third-order valence-electron chi connectivity index (χ3n) is 6.13. The summed E-state index contributed by atoms with van der Waals surface area (Å²) in [4.78, 5) is 26.0. The van der Waals surface area contributed by atoms with E-state index >= 15 is 0 Å². The third kappa shape index (κ3) is 7.25. The first-order valence-electron chi connectivity index (χ1n) is 12.6. The normalized spacial score (nSPS) is 11.8. The van der Waals surface area contributed by atoms with Gasteiger partial charge in [0, 0.05) is 28.7 Å². The number of fused-ring (bicyclic) bond motifs is 1. The van der Waals surface area contributed by atoms with Crippen LogP contribution in [-0.2, 0) is 10.0 Å². The van der Waals surface area contributed by atoms with Gasteiger partial charge in [0.05, 0.1) is 15.4 Å². The molecule has 0 aliphatic heterocycles. The van der Waals surface area contributed by atoms with Crippen molar-refractivity contribution < 1.29 is 23.2 Å². The number of nitro benzene ring substituents is 1. The van der Waals surface area contributed by atoms with Gasteiger partial charge in [0.2, 0.25) is 10.0 Å². The molecule has 0 aliphatic rings. The number of nitrogens with one attached hydrogen (secondary N) is 2. The van der Waals surface area contributed by atoms with Gasteiger partial charge in [0.15, 0.2) is 11.4 Å². The fourth-order valence-electron chi connectivity index (χ4n) is 4.02. The van der Waals surface area contributed by atoms with Gasteiger partial charge < -0.3 is 15.3 Å². The van der Waals surface area contributed by atoms with E-state index in [2.05, 4.69) is 20.3 Å². The van der Waals surface area contributed by atoms with Gasteiger partial charge in [-0.05, 0) is 74.9 Å². The minimum absolute atomic E-state index is 0.0397. The topological polar surface area (TPSA) is 167 Å². The molecular formula is C28H27ClN6O6S. The number of halogens is 1. The first kappa shape index (κ1) is 30.5. The maximum absolute atomic E-state index is 13.2. The van der Waals surface area contributed by atoms with Crippen LogP contribution in [0.25, 0.3) is 10.8 Å². The van der Waals surface area contributed by atoms with Crippen molar-refractivity contribution in [1.82, 2.24) is 9.62 Å². The lowest BCUT2D eigenvalue weighted by Crippen LogP contribution is -2.27. The van der Waals surface area contributed by atoms with Crippen LogP contribution < -0.4 is 10.0 Å². The van der Waals surface area contributed by atoms with Gasteiger partial charge >= 0.3 is 0 Å². The SMILES string of the molecule is CN(C)CCCNS(=O)(=O)c1ccc(NC(=O)c2cc3ccccc3c(N=Nc3ccc(Cl)cc3[N+](=O)[O-])c2O)cc1. The van der Waals surface area contributed by atoms with E-state index in [1.54, 1.807) is 24.3 Å². The second kappa shape index (κ2) is 13.0. The Labute approximate surface area is 246 Å². The number of benzene rings is 4. The molecule has 3 N–H and O–H groups in total. The second-order valence-corrected chi connectivity index (χ2v) is 11.7. The van der Waals surface area contributed by atoms with E-state index in [-0.39, 0.29) is 39.1 Å². The summed E-state index contributed by atoms with van der Waals surface area (Å²) >= 11 is 5.87. The van der Waals surface area contributed by atoms with E-state index < -0.39 is 26.6 Å². The zero-order chi connectivity index (χ0) is 30.4. The molecule has 0 radical (unpaired) electrons. The van der Waals surface area contributed by atoms with E-state index in [9.17, 15) is 28.4 Å². The number of hydrogen-bond donors (Lipinski definition) is 3. The molecule has 4 aromatic rings. The number of phenols is 1. The first-order chi connectivity index (χ1) is 20.0. The fraction of sp³-hybridized carbons (Fsp3) is 0.179. The quantitative estimate of drug-likeness (QED) is 0.0809. The van der Waals surface area contributed by atoms with E-state index in [4.69, 9.17) is 11.6 Å². The van der Waals surface area contributed by atoms with Crippen LogP contribution >= 0.6 is 11.6 Å². The average Bonchev–Trinajstić information content (AvgIpc) is 2.95. The van der Waals surface area contributed by atoms with E-state index in [1.165, 1.54) is 42.5 Å². The third-order valence-corrected chi connectivity index (χ3v) is 7.84. The lowest BCUT2D eigenvalue weighted by Gasteiger charge is -2.12. The molecule has 0 saturated carbocycles. The number of aromatic hydroxyl groups is 1. The van der Waals surface area contributed by atoms with Crippen LogP contribution in [0.4, 0.5) is 22.7 Å². The number of amides is 1. The molecule has 218 valence electrons. The minimum Gasteiger partial charge on any atom is -0.505 e.